The highest BCUT2D eigenvalue weighted by molar-refractivity contribution is 6.01. The number of aromatic hydroxyl groups is 1. The fourth-order valence-corrected chi connectivity index (χ4v) is 8.58. The molecule has 49 heavy (non-hydrogen) atoms. The van der Waals surface area contributed by atoms with E-state index in [0.717, 1.165) is 16.7 Å². The Hall–Kier alpha value is -2.12. The molecule has 0 aliphatic carbocycles. The molecule has 1 N–H and O–H groups in total. The largest absolute Gasteiger partial charge is 0.507 e. The summed E-state index contributed by atoms with van der Waals surface area (Å²) in [6.07, 6.45) is 2.01. The van der Waals surface area contributed by atoms with Gasteiger partial charge in [0.05, 0.1) is 0 Å². The Balaban J connectivity index is 2.24. The van der Waals surface area contributed by atoms with Crippen LogP contribution >= 0.6 is 0 Å². The molecule has 0 spiro atoms. The van der Waals surface area contributed by atoms with Crippen molar-refractivity contribution in [3.63, 3.8) is 0 Å². The molecule has 3 rings (SSSR count). The number of phenolic OH excluding ortho intramolecular Hbond substituents is 1. The highest BCUT2D eigenvalue weighted by atomic mass is 16.6. The lowest BCUT2D eigenvalue weighted by molar-refractivity contribution is -0.196. The van der Waals surface area contributed by atoms with Gasteiger partial charge in [0.15, 0.2) is 5.41 Å². The minimum absolute atomic E-state index is 0.0967. The van der Waals surface area contributed by atoms with Crippen LogP contribution in [0.15, 0.2) is 12.1 Å². The van der Waals surface area contributed by atoms with Crippen LogP contribution in [0.25, 0.3) is 0 Å². The van der Waals surface area contributed by atoms with Crippen LogP contribution in [-0.4, -0.2) is 75.3 Å². The average Bonchev–Trinajstić information content (AvgIpc) is 2.86. The third kappa shape index (κ3) is 8.19. The lowest BCUT2D eigenvalue weighted by Crippen LogP contribution is -2.62. The summed E-state index contributed by atoms with van der Waals surface area (Å²) >= 11 is 0. The van der Waals surface area contributed by atoms with E-state index in [2.05, 4.69) is 121 Å². The van der Waals surface area contributed by atoms with Gasteiger partial charge in [-0.25, -0.2) is 0 Å². The molecule has 2 fully saturated rings. The quantitative estimate of drug-likeness (QED) is 0.237. The number of ether oxygens (including phenoxy) is 2. The number of esters is 2. The SMILES string of the molecule is CN1C(C)(C)CC(OC(=O)C(Cc2cc(C(C)(C)C)c(O)c(C(C)(C)C)c2)(C(=O)OC2CC(C)(C)N(C)C(C)(C)C2)C(C)(C)C)CC1(C)C. The summed E-state index contributed by atoms with van der Waals surface area (Å²) in [4.78, 5) is 34.9. The number of hydrogen-bond donors (Lipinski definition) is 1. The first-order chi connectivity index (χ1) is 21.7. The number of nitrogens with zero attached hydrogens (tertiary/aromatic N) is 2. The number of rotatable bonds is 6. The molecule has 0 atom stereocenters. The lowest BCUT2D eigenvalue weighted by atomic mass is 9.62. The third-order valence-corrected chi connectivity index (χ3v) is 12.3. The smallest absolute Gasteiger partial charge is 0.324 e. The van der Waals surface area contributed by atoms with Crippen LogP contribution in [-0.2, 0) is 36.3 Å². The first kappa shape index (κ1) is 41.3. The summed E-state index contributed by atoms with van der Waals surface area (Å²) in [5.41, 5.74) is -1.69. The lowest BCUT2D eigenvalue weighted by Gasteiger charge is -2.54. The zero-order valence-electron chi connectivity index (χ0n) is 34.8. The van der Waals surface area contributed by atoms with Crippen molar-refractivity contribution in [1.29, 1.82) is 0 Å². The second kappa shape index (κ2) is 12.8. The van der Waals surface area contributed by atoms with Gasteiger partial charge in [-0.2, -0.15) is 0 Å². The number of carbonyl (C=O) groups is 2. The normalized spacial score (nSPS) is 22.5. The van der Waals surface area contributed by atoms with E-state index >= 15 is 9.59 Å². The first-order valence-electron chi connectivity index (χ1n) is 18.5. The molecule has 2 aliphatic rings. The fourth-order valence-electron chi connectivity index (χ4n) is 8.58. The van der Waals surface area contributed by atoms with Crippen molar-refractivity contribution in [2.24, 2.45) is 10.8 Å². The molecule has 0 saturated carbocycles. The molecule has 280 valence electrons. The summed E-state index contributed by atoms with van der Waals surface area (Å²) in [7, 11) is 4.26. The van der Waals surface area contributed by atoms with Crippen LogP contribution in [0.1, 0.15) is 160 Å². The van der Waals surface area contributed by atoms with Gasteiger partial charge >= 0.3 is 11.9 Å². The Labute approximate surface area is 299 Å². The van der Waals surface area contributed by atoms with Gasteiger partial charge in [-0.1, -0.05) is 74.4 Å². The van der Waals surface area contributed by atoms with E-state index in [1.54, 1.807) is 0 Å². The summed E-state index contributed by atoms with van der Waals surface area (Å²) in [6, 6.07) is 3.96. The van der Waals surface area contributed by atoms with Crippen molar-refractivity contribution in [2.75, 3.05) is 14.1 Å². The van der Waals surface area contributed by atoms with Crippen molar-refractivity contribution in [3.8, 4) is 5.75 Å². The Morgan fingerprint density at radius 2 is 0.939 bits per heavy atom. The van der Waals surface area contributed by atoms with Gasteiger partial charge in [-0.15, -0.1) is 0 Å². The van der Waals surface area contributed by atoms with E-state index < -0.39 is 22.8 Å². The van der Waals surface area contributed by atoms with Crippen LogP contribution in [0.4, 0.5) is 0 Å². The first-order valence-corrected chi connectivity index (χ1v) is 18.5. The molecule has 7 nitrogen and oxygen atoms in total. The summed E-state index contributed by atoms with van der Waals surface area (Å²) in [6.45, 7) is 35.8. The molecule has 0 amide bonds. The van der Waals surface area contributed by atoms with Crippen LogP contribution < -0.4 is 0 Å². The van der Waals surface area contributed by atoms with E-state index in [0.29, 0.717) is 25.7 Å². The van der Waals surface area contributed by atoms with E-state index in [9.17, 15) is 5.11 Å². The molecule has 0 radical (unpaired) electrons. The maximum atomic E-state index is 15.1. The van der Waals surface area contributed by atoms with Gasteiger partial charge in [0, 0.05) is 47.8 Å². The molecule has 2 saturated heterocycles. The number of piperidine rings is 2. The zero-order valence-corrected chi connectivity index (χ0v) is 34.8. The van der Waals surface area contributed by atoms with E-state index in [1.807, 2.05) is 32.9 Å². The average molecular weight is 685 g/mol. The number of benzene rings is 1. The van der Waals surface area contributed by atoms with E-state index in [-0.39, 0.29) is 57.4 Å². The molecule has 0 unspecified atom stereocenters. The third-order valence-electron chi connectivity index (χ3n) is 12.3. The Morgan fingerprint density at radius 1 is 0.653 bits per heavy atom. The number of phenols is 1. The second-order valence-electron chi connectivity index (χ2n) is 21.1. The predicted octanol–water partition coefficient (Wildman–Crippen LogP) is 8.95. The van der Waals surface area contributed by atoms with Crippen LogP contribution in [0.3, 0.4) is 0 Å². The van der Waals surface area contributed by atoms with Crippen molar-refractivity contribution in [2.45, 2.75) is 195 Å². The number of carbonyl (C=O) groups excluding carboxylic acids is 2. The Bertz CT molecular complexity index is 1270. The molecule has 0 aromatic heterocycles. The highest BCUT2D eigenvalue weighted by Gasteiger charge is 2.60. The Kier molecular flexibility index (Phi) is 10.8. The minimum Gasteiger partial charge on any atom is -0.507 e. The monoisotopic (exact) mass is 685 g/mol. The fraction of sp³-hybridized carbons (Fsp3) is 0.810. The van der Waals surface area contributed by atoms with Crippen molar-refractivity contribution in [1.82, 2.24) is 9.80 Å². The molecule has 0 bridgehead atoms. The van der Waals surface area contributed by atoms with Crippen molar-refractivity contribution < 1.29 is 24.2 Å². The van der Waals surface area contributed by atoms with Crippen molar-refractivity contribution >= 4 is 11.9 Å². The Morgan fingerprint density at radius 3 is 1.18 bits per heavy atom. The summed E-state index contributed by atoms with van der Waals surface area (Å²) < 4.78 is 13.2. The van der Waals surface area contributed by atoms with Gasteiger partial charge in [0.2, 0.25) is 0 Å². The molecule has 7 heteroatoms. The van der Waals surface area contributed by atoms with Gasteiger partial charge in [0.1, 0.15) is 18.0 Å². The predicted molar refractivity (Wildman–Crippen MR) is 201 cm³/mol. The standard InChI is InChI=1S/C42H72N2O5/c1-35(2,3)30-20-27(21-31(32(30)45)36(4,5)6)22-42(37(7,8)9,33(46)48-28-23-38(10,11)43(18)39(12,13)24-28)34(47)49-29-25-40(14,15)44(19)41(16,17)26-29/h20-21,28-29,45H,22-26H2,1-19H3. The number of hydrogen-bond acceptors (Lipinski definition) is 7. The molecular weight excluding hydrogens is 612 g/mol. The maximum absolute atomic E-state index is 15.1. The van der Waals surface area contributed by atoms with Gasteiger partial charge in [-0.3, -0.25) is 19.4 Å². The molecule has 1 aromatic carbocycles. The van der Waals surface area contributed by atoms with Gasteiger partial charge < -0.3 is 14.6 Å². The highest BCUT2D eigenvalue weighted by Crippen LogP contribution is 2.49. The van der Waals surface area contributed by atoms with Crippen LogP contribution in [0.2, 0.25) is 0 Å². The minimum atomic E-state index is -1.65. The summed E-state index contributed by atoms with van der Waals surface area (Å²) in [5.74, 6) is -0.789. The van der Waals surface area contributed by atoms with Crippen LogP contribution in [0, 0.1) is 10.8 Å². The molecular formula is C42H72N2O5. The summed E-state index contributed by atoms with van der Waals surface area (Å²) in [5, 5.41) is 11.5. The van der Waals surface area contributed by atoms with E-state index in [4.69, 9.17) is 9.47 Å². The zero-order chi connectivity index (χ0) is 38.1. The topological polar surface area (TPSA) is 79.3 Å². The molecule has 2 aliphatic heterocycles. The van der Waals surface area contributed by atoms with Crippen LogP contribution in [0.5, 0.6) is 5.75 Å². The molecule has 1 aromatic rings. The van der Waals surface area contributed by atoms with Gasteiger partial charge in [0.25, 0.3) is 0 Å². The van der Waals surface area contributed by atoms with E-state index in [1.165, 1.54) is 0 Å². The van der Waals surface area contributed by atoms with Crippen molar-refractivity contribution in [3.05, 3.63) is 28.8 Å². The second-order valence-corrected chi connectivity index (χ2v) is 21.1. The maximum Gasteiger partial charge on any atom is 0.324 e. The van der Waals surface area contributed by atoms with Gasteiger partial charge in [-0.05, 0) is 109 Å². The molecule has 2 heterocycles. The number of likely N-dealkylation sites (tertiary alicyclic amines) is 2.